The molecular formula is C19H35N3O3. The van der Waals surface area contributed by atoms with Gasteiger partial charge in [0.25, 0.3) is 0 Å². The molecule has 0 aromatic carbocycles. The fraction of sp³-hybridized carbons (Fsp3) is 0.895. The Labute approximate surface area is 152 Å². The van der Waals surface area contributed by atoms with Crippen LogP contribution in [0.4, 0.5) is 4.79 Å². The van der Waals surface area contributed by atoms with Gasteiger partial charge in [0.2, 0.25) is 5.91 Å². The number of ether oxygens (including phenoxy) is 1. The normalized spacial score (nSPS) is 21.2. The standard InChI is InChI=1S/C19H35N3O3/c1-5-19(3,4)20-17(23)15-7-11-21(12-8-15)16-9-13-22(14-10-16)18(24)25-6-2/h15-16H,5-14H2,1-4H3,(H,20,23). The number of nitrogens with zero attached hydrogens (tertiary/aromatic N) is 2. The van der Waals surface area contributed by atoms with Crippen LogP contribution >= 0.6 is 0 Å². The first-order valence-corrected chi connectivity index (χ1v) is 9.84. The minimum atomic E-state index is -0.185. The largest absolute Gasteiger partial charge is 0.450 e. The second kappa shape index (κ2) is 8.88. The minimum absolute atomic E-state index is 0.117. The molecular weight excluding hydrogens is 318 g/mol. The van der Waals surface area contributed by atoms with Crippen LogP contribution in [0, 0.1) is 5.92 Å². The summed E-state index contributed by atoms with van der Waals surface area (Å²) in [6.07, 6.45) is 4.62. The molecule has 2 saturated heterocycles. The van der Waals surface area contributed by atoms with Gasteiger partial charge in [-0.25, -0.2) is 4.79 Å². The van der Waals surface area contributed by atoms with Gasteiger partial charge in [-0.3, -0.25) is 4.79 Å². The second-order valence-electron chi connectivity index (χ2n) is 7.95. The Morgan fingerprint density at radius 3 is 2.16 bits per heavy atom. The first-order chi connectivity index (χ1) is 11.9. The van der Waals surface area contributed by atoms with Crippen LogP contribution in [0.2, 0.25) is 0 Å². The summed E-state index contributed by atoms with van der Waals surface area (Å²) in [7, 11) is 0. The summed E-state index contributed by atoms with van der Waals surface area (Å²) in [4.78, 5) is 28.6. The third-order valence-electron chi connectivity index (χ3n) is 5.75. The van der Waals surface area contributed by atoms with Crippen LogP contribution in [0.5, 0.6) is 0 Å². The van der Waals surface area contributed by atoms with Crippen molar-refractivity contribution in [2.24, 2.45) is 5.92 Å². The number of likely N-dealkylation sites (tertiary alicyclic amines) is 2. The highest BCUT2D eigenvalue weighted by molar-refractivity contribution is 5.79. The molecule has 0 spiro atoms. The molecule has 2 rings (SSSR count). The summed E-state index contributed by atoms with van der Waals surface area (Å²) < 4.78 is 5.08. The van der Waals surface area contributed by atoms with Crippen molar-refractivity contribution in [3.8, 4) is 0 Å². The van der Waals surface area contributed by atoms with E-state index < -0.39 is 0 Å². The fourth-order valence-electron chi connectivity index (χ4n) is 3.68. The van der Waals surface area contributed by atoms with Gasteiger partial charge < -0.3 is 19.9 Å². The smallest absolute Gasteiger partial charge is 0.409 e. The van der Waals surface area contributed by atoms with Crippen LogP contribution in [0.1, 0.15) is 59.8 Å². The minimum Gasteiger partial charge on any atom is -0.450 e. The lowest BCUT2D eigenvalue weighted by Crippen LogP contribution is -2.51. The first-order valence-electron chi connectivity index (χ1n) is 9.84. The summed E-state index contributed by atoms with van der Waals surface area (Å²) in [6, 6.07) is 0.529. The van der Waals surface area contributed by atoms with Gasteiger partial charge in [0.15, 0.2) is 0 Å². The lowest BCUT2D eigenvalue weighted by Gasteiger charge is -2.41. The van der Waals surface area contributed by atoms with Gasteiger partial charge in [0.1, 0.15) is 0 Å². The lowest BCUT2D eigenvalue weighted by atomic mass is 9.91. The molecule has 0 radical (unpaired) electrons. The van der Waals surface area contributed by atoms with Crippen LogP contribution in [0.25, 0.3) is 0 Å². The molecule has 0 aromatic rings. The van der Waals surface area contributed by atoms with E-state index >= 15 is 0 Å². The average molecular weight is 354 g/mol. The second-order valence-corrected chi connectivity index (χ2v) is 7.95. The number of nitrogens with one attached hydrogen (secondary N) is 1. The van der Waals surface area contributed by atoms with E-state index in [4.69, 9.17) is 4.74 Å². The number of carbonyl (C=O) groups is 2. The zero-order chi connectivity index (χ0) is 18.4. The van der Waals surface area contributed by atoms with Crippen molar-refractivity contribution in [3.05, 3.63) is 0 Å². The lowest BCUT2D eigenvalue weighted by molar-refractivity contribution is -0.128. The molecule has 2 aliphatic heterocycles. The molecule has 6 heteroatoms. The third kappa shape index (κ3) is 5.59. The quantitative estimate of drug-likeness (QED) is 0.825. The molecule has 6 nitrogen and oxygen atoms in total. The molecule has 1 N–H and O–H groups in total. The highest BCUT2D eigenvalue weighted by atomic mass is 16.6. The van der Waals surface area contributed by atoms with Crippen molar-refractivity contribution < 1.29 is 14.3 Å². The van der Waals surface area contributed by atoms with Crippen molar-refractivity contribution in [3.63, 3.8) is 0 Å². The van der Waals surface area contributed by atoms with Crippen LogP contribution in [0.3, 0.4) is 0 Å². The van der Waals surface area contributed by atoms with Crippen molar-refractivity contribution in [2.45, 2.75) is 71.4 Å². The maximum absolute atomic E-state index is 12.4. The molecule has 0 saturated carbocycles. The molecule has 2 amide bonds. The Kier molecular flexibility index (Phi) is 7.11. The maximum atomic E-state index is 12.4. The van der Waals surface area contributed by atoms with Gasteiger partial charge in [-0.1, -0.05) is 6.92 Å². The molecule has 0 atom stereocenters. The van der Waals surface area contributed by atoms with E-state index in [0.717, 1.165) is 58.3 Å². The summed E-state index contributed by atoms with van der Waals surface area (Å²) in [5, 5.41) is 3.18. The highest BCUT2D eigenvalue weighted by Crippen LogP contribution is 2.25. The molecule has 0 unspecified atom stereocenters. The van der Waals surface area contributed by atoms with Gasteiger partial charge in [0.05, 0.1) is 6.61 Å². The molecule has 144 valence electrons. The zero-order valence-electron chi connectivity index (χ0n) is 16.3. The molecule has 2 fully saturated rings. The fourth-order valence-corrected chi connectivity index (χ4v) is 3.68. The summed E-state index contributed by atoms with van der Waals surface area (Å²) >= 11 is 0. The van der Waals surface area contributed by atoms with Crippen LogP contribution in [0.15, 0.2) is 0 Å². The summed E-state index contributed by atoms with van der Waals surface area (Å²) in [6.45, 7) is 12.0. The number of carbonyl (C=O) groups excluding carboxylic acids is 2. The Morgan fingerprint density at radius 2 is 1.64 bits per heavy atom. The molecule has 2 heterocycles. The van der Waals surface area contributed by atoms with E-state index in [1.54, 1.807) is 0 Å². The van der Waals surface area contributed by atoms with E-state index in [9.17, 15) is 9.59 Å². The van der Waals surface area contributed by atoms with Gasteiger partial charge in [-0.15, -0.1) is 0 Å². The predicted octanol–water partition coefficient (Wildman–Crippen LogP) is 2.62. The van der Waals surface area contributed by atoms with Crippen molar-refractivity contribution >= 4 is 12.0 Å². The Balaban J connectivity index is 1.74. The van der Waals surface area contributed by atoms with E-state index in [-0.39, 0.29) is 23.5 Å². The van der Waals surface area contributed by atoms with E-state index in [0.29, 0.717) is 12.6 Å². The van der Waals surface area contributed by atoms with Gasteiger partial charge >= 0.3 is 6.09 Å². The van der Waals surface area contributed by atoms with E-state index in [1.807, 2.05) is 11.8 Å². The van der Waals surface area contributed by atoms with Crippen molar-refractivity contribution in [2.75, 3.05) is 32.8 Å². The SMILES string of the molecule is CCOC(=O)N1CCC(N2CCC(C(=O)NC(C)(C)CC)CC2)CC1. The number of piperidine rings is 2. The molecule has 0 aliphatic carbocycles. The van der Waals surface area contributed by atoms with Gasteiger partial charge in [-0.2, -0.15) is 0 Å². The Morgan fingerprint density at radius 1 is 1.04 bits per heavy atom. The summed E-state index contributed by atoms with van der Waals surface area (Å²) in [5.41, 5.74) is -0.117. The number of rotatable bonds is 5. The van der Waals surface area contributed by atoms with Gasteiger partial charge in [0, 0.05) is 30.6 Å². The van der Waals surface area contributed by atoms with Crippen molar-refractivity contribution in [1.29, 1.82) is 0 Å². The highest BCUT2D eigenvalue weighted by Gasteiger charge is 2.33. The van der Waals surface area contributed by atoms with Crippen LogP contribution < -0.4 is 5.32 Å². The van der Waals surface area contributed by atoms with Crippen LogP contribution in [-0.2, 0) is 9.53 Å². The predicted molar refractivity (Wildman–Crippen MR) is 98.4 cm³/mol. The summed E-state index contributed by atoms with van der Waals surface area (Å²) in [5.74, 6) is 0.352. The molecule has 2 aliphatic rings. The van der Waals surface area contributed by atoms with Gasteiger partial charge in [-0.05, 0) is 66.0 Å². The van der Waals surface area contributed by atoms with E-state index in [1.165, 1.54) is 0 Å². The van der Waals surface area contributed by atoms with Crippen molar-refractivity contribution in [1.82, 2.24) is 15.1 Å². The topological polar surface area (TPSA) is 61.9 Å². The molecule has 0 aromatic heterocycles. The Hall–Kier alpha value is -1.30. The zero-order valence-corrected chi connectivity index (χ0v) is 16.3. The van der Waals surface area contributed by atoms with E-state index in [2.05, 4.69) is 31.0 Å². The maximum Gasteiger partial charge on any atom is 0.409 e. The number of hydrogen-bond donors (Lipinski definition) is 1. The average Bonchev–Trinajstić information content (AvgIpc) is 2.62. The molecule has 0 bridgehead atoms. The number of hydrogen-bond acceptors (Lipinski definition) is 4. The monoisotopic (exact) mass is 353 g/mol. The first kappa shape index (κ1) is 20.0. The third-order valence-corrected chi connectivity index (χ3v) is 5.75. The van der Waals surface area contributed by atoms with Crippen LogP contribution in [-0.4, -0.2) is 66.2 Å². The Bertz CT molecular complexity index is 451. The molecule has 25 heavy (non-hydrogen) atoms. The number of amides is 2.